The van der Waals surface area contributed by atoms with Gasteiger partial charge in [0, 0.05) is 37.5 Å². The summed E-state index contributed by atoms with van der Waals surface area (Å²) in [5.74, 6) is 0.778. The highest BCUT2D eigenvalue weighted by atomic mass is 35.5. The second kappa shape index (κ2) is 11.5. The van der Waals surface area contributed by atoms with E-state index in [2.05, 4.69) is 33.4 Å². The lowest BCUT2D eigenvalue weighted by atomic mass is 10.0. The number of unbranched alkanes of at least 4 members (excludes halogenated alkanes) is 2. The van der Waals surface area contributed by atoms with Gasteiger partial charge in [-0.25, -0.2) is 20.7 Å². The fraction of sp³-hybridized carbons (Fsp3) is 0.348. The largest absolute Gasteiger partial charge is 0.378 e. The van der Waals surface area contributed by atoms with Crippen molar-refractivity contribution in [3.05, 3.63) is 56.8 Å². The number of thiazole rings is 1. The van der Waals surface area contributed by atoms with E-state index < -0.39 is 6.03 Å². The summed E-state index contributed by atoms with van der Waals surface area (Å²) in [5.41, 5.74) is 2.70. The Kier molecular flexibility index (Phi) is 8.78. The molecule has 1 aliphatic heterocycles. The first-order chi connectivity index (χ1) is 15.4. The van der Waals surface area contributed by atoms with Crippen molar-refractivity contribution < 1.29 is 9.59 Å². The number of nitrogens with zero attached hydrogens (tertiary/aromatic N) is 2. The number of ketones is 1. The molecule has 1 aromatic heterocycles. The molecule has 0 fully saturated rings. The van der Waals surface area contributed by atoms with Crippen LogP contribution in [0.2, 0.25) is 4.34 Å². The van der Waals surface area contributed by atoms with Crippen LogP contribution in [0.3, 0.4) is 0 Å². The van der Waals surface area contributed by atoms with Crippen molar-refractivity contribution in [1.82, 2.24) is 4.98 Å². The van der Waals surface area contributed by atoms with Crippen LogP contribution in [-0.4, -0.2) is 30.9 Å². The topological polar surface area (TPSA) is 74.3 Å². The number of hydrogen-bond acceptors (Lipinski definition) is 5. The van der Waals surface area contributed by atoms with Gasteiger partial charge >= 0.3 is 6.03 Å². The second-order valence-corrected chi connectivity index (χ2v) is 11.2. The molecule has 2 N–H and O–H groups in total. The third kappa shape index (κ3) is 6.60. The maximum Gasteiger partial charge on any atom is 0.325 e. The number of rotatable bonds is 10. The molecular formula is C23H29ClN4O2S2. The molecule has 0 spiro atoms. The molecule has 6 nitrogen and oxygen atoms in total. The molecule has 0 bridgehead atoms. The first-order valence-corrected chi connectivity index (χ1v) is 13.4. The number of urea groups is 1. The van der Waals surface area contributed by atoms with E-state index >= 15 is 0 Å². The Morgan fingerprint density at radius 2 is 1.91 bits per heavy atom. The molecule has 0 saturated carbocycles. The first kappa shape index (κ1) is 24.4. The second-order valence-electron chi connectivity index (χ2n) is 7.68. The molecule has 0 aliphatic carbocycles. The smallest absolute Gasteiger partial charge is 0.325 e. The van der Waals surface area contributed by atoms with Gasteiger partial charge in [0.1, 0.15) is 4.34 Å². The van der Waals surface area contributed by atoms with E-state index in [1.807, 2.05) is 43.3 Å². The van der Waals surface area contributed by atoms with Crippen LogP contribution in [-0.2, 0) is 5.75 Å². The van der Waals surface area contributed by atoms with Gasteiger partial charge in [0.15, 0.2) is 10.9 Å². The zero-order chi connectivity index (χ0) is 23.1. The van der Waals surface area contributed by atoms with Crippen LogP contribution < -0.4 is 15.5 Å². The van der Waals surface area contributed by atoms with Gasteiger partial charge in [-0.15, -0.1) is 0 Å². The molecule has 9 heteroatoms. The predicted molar refractivity (Wildman–Crippen MR) is 140 cm³/mol. The zero-order valence-electron chi connectivity index (χ0n) is 18.5. The third-order valence-corrected chi connectivity index (χ3v) is 7.97. The average Bonchev–Trinajstić information content (AvgIpc) is 3.38. The summed E-state index contributed by atoms with van der Waals surface area (Å²) in [6, 6.07) is 5.02. The number of hydrogen-bond donors (Lipinski definition) is 3. The highest BCUT2D eigenvalue weighted by Gasteiger charge is 2.17. The summed E-state index contributed by atoms with van der Waals surface area (Å²) >= 11 is 7.58. The van der Waals surface area contributed by atoms with Crippen molar-refractivity contribution in [3.63, 3.8) is 0 Å². The summed E-state index contributed by atoms with van der Waals surface area (Å²) in [6.07, 6.45) is 7.40. The molecule has 32 heavy (non-hydrogen) atoms. The average molecular weight is 493 g/mol. The summed E-state index contributed by atoms with van der Waals surface area (Å²) in [6.45, 7) is 2.10. The molecule has 172 valence electrons. The van der Waals surface area contributed by atoms with Gasteiger partial charge in [-0.05, 0) is 35.4 Å². The number of thiol groups is 1. The summed E-state index contributed by atoms with van der Waals surface area (Å²) in [4.78, 5) is 31.9. The lowest BCUT2D eigenvalue weighted by Gasteiger charge is -2.17. The van der Waals surface area contributed by atoms with Gasteiger partial charge in [-0.3, -0.25) is 10.1 Å². The molecule has 0 atom stereocenters. The SMILES string of the molecule is CCCCCC(=O)c1cc(N(C)C)ccc1NC(=O)Nc1nc(C[SH]2C=CC=C2)c(Cl)s1. The fourth-order valence-electron chi connectivity index (χ4n) is 3.20. The van der Waals surface area contributed by atoms with Gasteiger partial charge in [0.2, 0.25) is 0 Å². The van der Waals surface area contributed by atoms with Crippen molar-refractivity contribution in [2.45, 2.75) is 38.4 Å². The number of aromatic nitrogens is 1. The van der Waals surface area contributed by atoms with Crippen LogP contribution in [0.25, 0.3) is 0 Å². The number of amides is 2. The van der Waals surface area contributed by atoms with E-state index in [4.69, 9.17) is 11.6 Å². The van der Waals surface area contributed by atoms with Gasteiger partial charge in [-0.1, -0.05) is 54.9 Å². The number of nitrogens with one attached hydrogen (secondary N) is 2. The van der Waals surface area contributed by atoms with E-state index in [1.165, 1.54) is 11.3 Å². The fourth-order valence-corrected chi connectivity index (χ4v) is 5.96. The Labute approximate surface area is 201 Å². The van der Waals surface area contributed by atoms with Crippen molar-refractivity contribution in [2.24, 2.45) is 0 Å². The Hall–Kier alpha value is -2.29. The highest BCUT2D eigenvalue weighted by molar-refractivity contribution is 8.21. The van der Waals surface area contributed by atoms with Gasteiger partial charge < -0.3 is 10.2 Å². The molecule has 0 radical (unpaired) electrons. The van der Waals surface area contributed by atoms with E-state index in [9.17, 15) is 9.59 Å². The van der Waals surface area contributed by atoms with Crippen molar-refractivity contribution in [1.29, 1.82) is 0 Å². The Bertz CT molecular complexity index is 1020. The molecule has 3 rings (SSSR count). The number of allylic oxidation sites excluding steroid dienone is 2. The van der Waals surface area contributed by atoms with E-state index in [-0.39, 0.29) is 16.7 Å². The molecule has 2 heterocycles. The summed E-state index contributed by atoms with van der Waals surface area (Å²) in [5, 5.41) is 10.3. The van der Waals surface area contributed by atoms with Crippen molar-refractivity contribution in [3.8, 4) is 0 Å². The minimum atomic E-state index is -0.450. The van der Waals surface area contributed by atoms with Crippen LogP contribution in [0, 0.1) is 0 Å². The molecule has 1 aliphatic rings. The van der Waals surface area contributed by atoms with Crippen molar-refractivity contribution in [2.75, 3.05) is 29.6 Å². The molecular weight excluding hydrogens is 464 g/mol. The predicted octanol–water partition coefficient (Wildman–Crippen LogP) is 6.81. The van der Waals surface area contributed by atoms with Crippen LogP contribution in [0.4, 0.5) is 21.3 Å². The van der Waals surface area contributed by atoms with Crippen molar-refractivity contribution >= 4 is 62.2 Å². The molecule has 0 unspecified atom stereocenters. The Morgan fingerprint density at radius 3 is 2.59 bits per heavy atom. The number of benzene rings is 1. The minimum absolute atomic E-state index is 0.0250. The molecule has 2 aromatic rings. The van der Waals surface area contributed by atoms with Crippen LogP contribution in [0.1, 0.15) is 48.7 Å². The summed E-state index contributed by atoms with van der Waals surface area (Å²) < 4.78 is 0.582. The maximum atomic E-state index is 12.8. The minimum Gasteiger partial charge on any atom is -0.378 e. The van der Waals surface area contributed by atoms with Crippen LogP contribution in [0.15, 0.2) is 41.2 Å². The zero-order valence-corrected chi connectivity index (χ0v) is 21.0. The maximum absolute atomic E-state index is 12.8. The van der Waals surface area contributed by atoms with E-state index in [1.54, 1.807) is 6.07 Å². The monoisotopic (exact) mass is 492 g/mol. The normalized spacial score (nSPS) is 13.4. The lowest BCUT2D eigenvalue weighted by Crippen LogP contribution is -2.21. The number of halogens is 1. The highest BCUT2D eigenvalue weighted by Crippen LogP contribution is 2.40. The molecule has 0 saturated heterocycles. The van der Waals surface area contributed by atoms with E-state index in [0.717, 1.165) is 36.4 Å². The Morgan fingerprint density at radius 1 is 1.16 bits per heavy atom. The lowest BCUT2D eigenvalue weighted by molar-refractivity contribution is 0.0980. The van der Waals surface area contributed by atoms with Crippen LogP contribution in [0.5, 0.6) is 0 Å². The Balaban J connectivity index is 1.70. The van der Waals surface area contributed by atoms with Gasteiger partial charge in [0.05, 0.1) is 11.4 Å². The number of anilines is 3. The van der Waals surface area contributed by atoms with Gasteiger partial charge in [0.25, 0.3) is 0 Å². The molecule has 1 aromatic carbocycles. The van der Waals surface area contributed by atoms with Crippen LogP contribution >= 0.6 is 33.8 Å². The third-order valence-electron chi connectivity index (χ3n) is 4.94. The van der Waals surface area contributed by atoms with Gasteiger partial charge in [-0.2, -0.15) is 0 Å². The number of carbonyl (C=O) groups is 2. The van der Waals surface area contributed by atoms with E-state index in [0.29, 0.717) is 27.1 Å². The quantitative estimate of drug-likeness (QED) is 0.193. The first-order valence-electron chi connectivity index (χ1n) is 10.6. The summed E-state index contributed by atoms with van der Waals surface area (Å²) in [7, 11) is 3.46. The molecule has 2 amide bonds. The standard InChI is InChI=1S/C23H29ClN4O2S2/c1-4-5-6-9-20(29)17-14-16(28(2)3)10-11-18(17)25-22(30)27-23-26-19(21(24)31-23)15-32-12-7-8-13-32/h7-8,10-14,32H,4-6,9,15H2,1-3H3,(H2,25,26,27,30). The number of Topliss-reactive ketones (excluding diaryl/α,β-unsaturated/α-hetero) is 1. The number of carbonyl (C=O) groups excluding carboxylic acids is 2.